The fourth-order valence-electron chi connectivity index (χ4n) is 1.44. The number of methoxy groups -OCH3 is 1. The van der Waals surface area contributed by atoms with Crippen LogP contribution < -0.4 is 10.5 Å². The van der Waals surface area contributed by atoms with E-state index in [2.05, 4.69) is 11.4 Å². The van der Waals surface area contributed by atoms with Crippen LogP contribution in [-0.2, 0) is 0 Å². The van der Waals surface area contributed by atoms with E-state index >= 15 is 0 Å². The van der Waals surface area contributed by atoms with Crippen LogP contribution in [0.1, 0.15) is 0 Å². The molecule has 0 bridgehead atoms. The summed E-state index contributed by atoms with van der Waals surface area (Å²) in [5.41, 5.74) is 6.74. The number of ether oxygens (including phenoxy) is 1. The first-order valence-electron chi connectivity index (χ1n) is 4.15. The summed E-state index contributed by atoms with van der Waals surface area (Å²) in [5, 5.41) is 3.27. The Bertz CT molecular complexity index is 464. The molecular formula is C10H11NOS2. The number of anilines is 1. The number of rotatable bonds is 2. The normalized spacial score (nSPS) is 10.7. The summed E-state index contributed by atoms with van der Waals surface area (Å²) in [5.74, 6) is 0.764. The maximum Gasteiger partial charge on any atom is 0.143 e. The Morgan fingerprint density at radius 1 is 1.50 bits per heavy atom. The van der Waals surface area contributed by atoms with Crippen LogP contribution in [0.2, 0.25) is 0 Å². The van der Waals surface area contributed by atoms with E-state index in [-0.39, 0.29) is 0 Å². The minimum atomic E-state index is 0.745. The molecule has 0 atom stereocenters. The van der Waals surface area contributed by atoms with E-state index < -0.39 is 0 Å². The second kappa shape index (κ2) is 3.71. The third-order valence-electron chi connectivity index (χ3n) is 2.12. The average molecular weight is 225 g/mol. The molecule has 0 saturated heterocycles. The molecule has 1 heterocycles. The Hall–Kier alpha value is -0.870. The molecule has 4 heteroatoms. The topological polar surface area (TPSA) is 35.2 Å². The molecule has 0 unspecified atom stereocenters. The molecule has 2 rings (SSSR count). The molecule has 0 aliphatic heterocycles. The molecule has 0 saturated carbocycles. The van der Waals surface area contributed by atoms with Gasteiger partial charge >= 0.3 is 0 Å². The number of thiophene rings is 1. The fraction of sp³-hybridized carbons (Fsp3) is 0.200. The van der Waals surface area contributed by atoms with Crippen molar-refractivity contribution in [1.82, 2.24) is 0 Å². The van der Waals surface area contributed by atoms with E-state index in [1.807, 2.05) is 12.3 Å². The maximum atomic E-state index is 5.99. The van der Waals surface area contributed by atoms with Crippen LogP contribution in [0.25, 0.3) is 10.1 Å². The molecule has 14 heavy (non-hydrogen) atoms. The lowest BCUT2D eigenvalue weighted by Gasteiger charge is -2.09. The van der Waals surface area contributed by atoms with E-state index in [0.717, 1.165) is 16.3 Å². The molecular weight excluding hydrogens is 214 g/mol. The molecule has 0 aliphatic carbocycles. The van der Waals surface area contributed by atoms with Gasteiger partial charge in [0.1, 0.15) is 5.75 Å². The number of fused-ring (bicyclic) bond motifs is 1. The molecule has 2 aromatic rings. The third kappa shape index (κ3) is 1.35. The van der Waals surface area contributed by atoms with E-state index in [9.17, 15) is 0 Å². The third-order valence-corrected chi connectivity index (χ3v) is 4.03. The van der Waals surface area contributed by atoms with Crippen LogP contribution in [0.5, 0.6) is 5.75 Å². The van der Waals surface area contributed by atoms with Crippen LogP contribution in [0.4, 0.5) is 5.69 Å². The van der Waals surface area contributed by atoms with Crippen molar-refractivity contribution in [3.63, 3.8) is 0 Å². The molecule has 0 aliphatic rings. The molecule has 1 aromatic carbocycles. The highest BCUT2D eigenvalue weighted by atomic mass is 32.2. The first-order valence-corrected chi connectivity index (χ1v) is 6.26. The van der Waals surface area contributed by atoms with Crippen LogP contribution in [0.3, 0.4) is 0 Å². The van der Waals surface area contributed by atoms with Gasteiger partial charge in [-0.1, -0.05) is 0 Å². The van der Waals surface area contributed by atoms with Gasteiger partial charge in [-0.15, -0.1) is 23.1 Å². The molecule has 74 valence electrons. The van der Waals surface area contributed by atoms with Gasteiger partial charge in [-0.05, 0) is 29.2 Å². The fourth-order valence-corrected chi connectivity index (χ4v) is 3.29. The molecule has 0 spiro atoms. The van der Waals surface area contributed by atoms with Crippen LogP contribution >= 0.6 is 23.1 Å². The lowest BCUT2D eigenvalue weighted by molar-refractivity contribution is 0.417. The van der Waals surface area contributed by atoms with Crippen molar-refractivity contribution >= 4 is 38.9 Å². The Balaban J connectivity index is 2.80. The van der Waals surface area contributed by atoms with Crippen molar-refractivity contribution < 1.29 is 4.74 Å². The summed E-state index contributed by atoms with van der Waals surface area (Å²) >= 11 is 3.38. The summed E-state index contributed by atoms with van der Waals surface area (Å²) < 4.78 is 6.48. The van der Waals surface area contributed by atoms with Crippen molar-refractivity contribution in [2.75, 3.05) is 19.1 Å². The highest BCUT2D eigenvalue weighted by molar-refractivity contribution is 7.99. The minimum Gasteiger partial charge on any atom is -0.495 e. The van der Waals surface area contributed by atoms with Crippen LogP contribution in [-0.4, -0.2) is 13.4 Å². The van der Waals surface area contributed by atoms with Crippen LogP contribution in [0, 0.1) is 0 Å². The number of benzene rings is 1. The second-order valence-corrected chi connectivity index (χ2v) is 4.60. The zero-order valence-electron chi connectivity index (χ0n) is 8.03. The highest BCUT2D eigenvalue weighted by Crippen LogP contribution is 2.40. The lowest BCUT2D eigenvalue weighted by Crippen LogP contribution is -1.94. The van der Waals surface area contributed by atoms with E-state index in [1.54, 1.807) is 30.2 Å². The monoisotopic (exact) mass is 225 g/mol. The summed E-state index contributed by atoms with van der Waals surface area (Å²) in [6.45, 7) is 0. The molecule has 1 aromatic heterocycles. The van der Waals surface area contributed by atoms with Gasteiger partial charge in [0.2, 0.25) is 0 Å². The molecule has 0 radical (unpaired) electrons. The van der Waals surface area contributed by atoms with E-state index in [0.29, 0.717) is 0 Å². The van der Waals surface area contributed by atoms with Gasteiger partial charge in [-0.25, -0.2) is 0 Å². The minimum absolute atomic E-state index is 0.745. The van der Waals surface area contributed by atoms with Gasteiger partial charge in [-0.2, -0.15) is 0 Å². The predicted molar refractivity (Wildman–Crippen MR) is 64.6 cm³/mol. The van der Waals surface area contributed by atoms with Crippen molar-refractivity contribution in [3.05, 3.63) is 17.5 Å². The van der Waals surface area contributed by atoms with Gasteiger partial charge in [0.05, 0.1) is 22.4 Å². The quantitative estimate of drug-likeness (QED) is 0.629. The average Bonchev–Trinajstić information content (AvgIpc) is 2.64. The number of hydrogen-bond donors (Lipinski definition) is 1. The van der Waals surface area contributed by atoms with E-state index in [4.69, 9.17) is 10.5 Å². The summed E-state index contributed by atoms with van der Waals surface area (Å²) in [7, 11) is 1.65. The molecule has 2 N–H and O–H groups in total. The molecule has 2 nitrogen and oxygen atoms in total. The zero-order chi connectivity index (χ0) is 10.1. The smallest absolute Gasteiger partial charge is 0.143 e. The van der Waals surface area contributed by atoms with Gasteiger partial charge in [0.15, 0.2) is 0 Å². The molecule has 0 fully saturated rings. The Labute approximate surface area is 91.1 Å². The lowest BCUT2D eigenvalue weighted by atomic mass is 10.2. The number of hydrogen-bond acceptors (Lipinski definition) is 4. The Morgan fingerprint density at radius 2 is 2.29 bits per heavy atom. The molecule has 0 amide bonds. The SMILES string of the molecule is COc1cc2ccsc2c(SC)c1N. The zero-order valence-corrected chi connectivity index (χ0v) is 9.67. The van der Waals surface area contributed by atoms with Crippen molar-refractivity contribution in [3.8, 4) is 5.75 Å². The van der Waals surface area contributed by atoms with Crippen molar-refractivity contribution in [2.24, 2.45) is 0 Å². The first kappa shape index (κ1) is 9.68. The largest absolute Gasteiger partial charge is 0.495 e. The van der Waals surface area contributed by atoms with Gasteiger partial charge in [0.25, 0.3) is 0 Å². The predicted octanol–water partition coefficient (Wildman–Crippen LogP) is 3.21. The van der Waals surface area contributed by atoms with Crippen molar-refractivity contribution in [2.45, 2.75) is 4.90 Å². The first-order chi connectivity index (χ1) is 6.77. The number of nitrogens with two attached hydrogens (primary N) is 1. The van der Waals surface area contributed by atoms with Gasteiger partial charge < -0.3 is 10.5 Å². The van der Waals surface area contributed by atoms with Crippen LogP contribution in [0.15, 0.2) is 22.4 Å². The standard InChI is InChI=1S/C10H11NOS2/c1-12-7-5-6-3-4-14-9(6)10(13-2)8(7)11/h3-5H,11H2,1-2H3. The Morgan fingerprint density at radius 3 is 2.93 bits per heavy atom. The Kier molecular flexibility index (Phi) is 2.56. The van der Waals surface area contributed by atoms with Gasteiger partial charge in [-0.3, -0.25) is 0 Å². The summed E-state index contributed by atoms with van der Waals surface area (Å²) in [6.07, 6.45) is 2.03. The second-order valence-electron chi connectivity index (χ2n) is 2.86. The summed E-state index contributed by atoms with van der Waals surface area (Å²) in [6, 6.07) is 4.07. The van der Waals surface area contributed by atoms with Gasteiger partial charge in [0, 0.05) is 0 Å². The highest BCUT2D eigenvalue weighted by Gasteiger charge is 2.11. The number of nitrogen functional groups attached to an aromatic ring is 1. The van der Waals surface area contributed by atoms with Crippen molar-refractivity contribution in [1.29, 1.82) is 0 Å². The van der Waals surface area contributed by atoms with E-state index in [1.165, 1.54) is 10.1 Å². The maximum absolute atomic E-state index is 5.99. The number of thioether (sulfide) groups is 1. The summed E-state index contributed by atoms with van der Waals surface area (Å²) in [4.78, 5) is 1.12.